The number of carboxylic acid groups (broad SMARTS) is 1. The minimum absolute atomic E-state index is 0.349. The van der Waals surface area contributed by atoms with Crippen molar-refractivity contribution < 1.29 is 9.90 Å². The van der Waals surface area contributed by atoms with Gasteiger partial charge >= 0.3 is 5.97 Å². The number of nitrogens with zero attached hydrogens (tertiary/aromatic N) is 1. The van der Waals surface area contributed by atoms with Gasteiger partial charge in [-0.2, -0.15) is 0 Å². The molecule has 1 N–H and O–H groups in total. The Bertz CT molecular complexity index is 1010. The molecule has 1 aliphatic heterocycles. The van der Waals surface area contributed by atoms with E-state index in [2.05, 4.69) is 28.9 Å². The third-order valence-corrected chi connectivity index (χ3v) is 6.07. The van der Waals surface area contributed by atoms with E-state index < -0.39 is 5.97 Å². The van der Waals surface area contributed by atoms with Crippen molar-refractivity contribution in [1.82, 2.24) is 4.90 Å². The molecule has 1 aliphatic carbocycles. The lowest BCUT2D eigenvalue weighted by molar-refractivity contribution is -0.133. The van der Waals surface area contributed by atoms with Gasteiger partial charge in [0.2, 0.25) is 0 Å². The molecule has 5 heteroatoms. The third-order valence-electron chi connectivity index (χ3n) is 5.44. The van der Waals surface area contributed by atoms with Crippen LogP contribution in [0, 0.1) is 11.8 Å². The van der Waals surface area contributed by atoms with E-state index in [1.165, 1.54) is 11.1 Å². The summed E-state index contributed by atoms with van der Waals surface area (Å²) in [4.78, 5) is 13.5. The summed E-state index contributed by atoms with van der Waals surface area (Å²) in [5.41, 5.74) is 4.77. The van der Waals surface area contributed by atoms with Crippen molar-refractivity contribution in [3.05, 3.63) is 80.3 Å². The maximum absolute atomic E-state index is 11.1. The number of hydrogen-bond donors (Lipinski definition) is 1. The van der Waals surface area contributed by atoms with Gasteiger partial charge in [-0.1, -0.05) is 53.3 Å². The van der Waals surface area contributed by atoms with Crippen molar-refractivity contribution >= 4 is 29.2 Å². The van der Waals surface area contributed by atoms with Crippen molar-refractivity contribution in [3.8, 4) is 11.8 Å². The van der Waals surface area contributed by atoms with Crippen LogP contribution in [0.4, 0.5) is 0 Å². The summed E-state index contributed by atoms with van der Waals surface area (Å²) in [6.45, 7) is 1.48. The van der Waals surface area contributed by atoms with Gasteiger partial charge in [0.05, 0.1) is 15.6 Å². The SMILES string of the molecule is O=C(O)C1=CCN(C2CCc3cc(C#Cc4c(Cl)cccc4Cl)ccc32)CC1. The van der Waals surface area contributed by atoms with Crippen LogP contribution in [0.3, 0.4) is 0 Å². The minimum atomic E-state index is -0.798. The molecule has 2 aromatic carbocycles. The molecule has 1 unspecified atom stereocenters. The van der Waals surface area contributed by atoms with Crippen molar-refractivity contribution in [2.75, 3.05) is 13.1 Å². The number of rotatable bonds is 2. The van der Waals surface area contributed by atoms with Crippen molar-refractivity contribution in [2.24, 2.45) is 0 Å². The molecule has 0 spiro atoms. The highest BCUT2D eigenvalue weighted by Gasteiger charge is 2.29. The molecule has 0 saturated heterocycles. The summed E-state index contributed by atoms with van der Waals surface area (Å²) < 4.78 is 0. The summed E-state index contributed by atoms with van der Waals surface area (Å²) in [7, 11) is 0. The minimum Gasteiger partial charge on any atom is -0.478 e. The Hall–Kier alpha value is -2.25. The molecule has 1 atom stereocenters. The summed E-state index contributed by atoms with van der Waals surface area (Å²) in [6.07, 6.45) is 4.51. The van der Waals surface area contributed by atoms with Crippen molar-refractivity contribution in [2.45, 2.75) is 25.3 Å². The predicted molar refractivity (Wildman–Crippen MR) is 112 cm³/mol. The fourth-order valence-electron chi connectivity index (χ4n) is 3.97. The Morgan fingerprint density at radius 2 is 1.89 bits per heavy atom. The zero-order chi connectivity index (χ0) is 19.7. The third kappa shape index (κ3) is 3.82. The zero-order valence-corrected chi connectivity index (χ0v) is 16.7. The quantitative estimate of drug-likeness (QED) is 0.698. The van der Waals surface area contributed by atoms with E-state index in [0.29, 0.717) is 40.2 Å². The second-order valence-corrected chi connectivity index (χ2v) is 7.91. The van der Waals surface area contributed by atoms with Crippen LogP contribution in [0.15, 0.2) is 48.0 Å². The Kier molecular flexibility index (Phi) is 5.46. The topological polar surface area (TPSA) is 40.5 Å². The summed E-state index contributed by atoms with van der Waals surface area (Å²) in [5, 5.41) is 10.2. The van der Waals surface area contributed by atoms with E-state index in [0.717, 1.165) is 24.9 Å². The molecule has 28 heavy (non-hydrogen) atoms. The molecule has 142 valence electrons. The normalized spacial score (nSPS) is 18.8. The molecule has 0 aromatic heterocycles. The van der Waals surface area contributed by atoms with Crippen LogP contribution in [0.25, 0.3) is 0 Å². The van der Waals surface area contributed by atoms with Crippen LogP contribution in [-0.2, 0) is 11.2 Å². The van der Waals surface area contributed by atoms with Crippen molar-refractivity contribution in [3.63, 3.8) is 0 Å². The van der Waals surface area contributed by atoms with Gasteiger partial charge in [0.1, 0.15) is 0 Å². The molecule has 0 amide bonds. The van der Waals surface area contributed by atoms with Gasteiger partial charge in [-0.3, -0.25) is 4.90 Å². The number of halogens is 2. The lowest BCUT2D eigenvalue weighted by Gasteiger charge is -2.31. The van der Waals surface area contributed by atoms with Gasteiger partial charge in [-0.25, -0.2) is 4.79 Å². The summed E-state index contributed by atoms with van der Waals surface area (Å²) >= 11 is 12.4. The van der Waals surface area contributed by atoms with Gasteiger partial charge < -0.3 is 5.11 Å². The Morgan fingerprint density at radius 1 is 1.11 bits per heavy atom. The number of aryl methyl sites for hydroxylation is 1. The molecule has 2 aliphatic rings. The number of carbonyl (C=O) groups is 1. The van der Waals surface area contributed by atoms with Crippen molar-refractivity contribution in [1.29, 1.82) is 0 Å². The highest BCUT2D eigenvalue weighted by atomic mass is 35.5. The zero-order valence-electron chi connectivity index (χ0n) is 15.2. The standard InChI is InChI=1S/C23H19Cl2NO2/c24-20-2-1-3-21(25)19(20)8-5-15-4-7-18-17(14-15)6-9-22(18)26-12-10-16(11-13-26)23(27)28/h1-4,7,10,14,22H,6,9,11-13H2,(H,27,28). The number of carboxylic acids is 1. The number of aliphatic carboxylic acids is 1. The van der Waals surface area contributed by atoms with Gasteiger partial charge in [0, 0.05) is 30.3 Å². The highest BCUT2D eigenvalue weighted by Crippen LogP contribution is 2.37. The van der Waals surface area contributed by atoms with Crippen LogP contribution in [-0.4, -0.2) is 29.1 Å². The first-order valence-corrected chi connectivity index (χ1v) is 10.0. The summed E-state index contributed by atoms with van der Waals surface area (Å²) in [5.74, 6) is 5.47. The second-order valence-electron chi connectivity index (χ2n) is 7.09. The number of fused-ring (bicyclic) bond motifs is 1. The van der Waals surface area contributed by atoms with Gasteiger partial charge in [-0.05, 0) is 54.7 Å². The summed E-state index contributed by atoms with van der Waals surface area (Å²) in [6, 6.07) is 12.1. The average Bonchev–Trinajstić information content (AvgIpc) is 3.11. The van der Waals surface area contributed by atoms with Crippen LogP contribution in [0.5, 0.6) is 0 Å². The maximum atomic E-state index is 11.1. The van der Waals surface area contributed by atoms with E-state index in [1.807, 2.05) is 12.1 Å². The van der Waals surface area contributed by atoms with Crippen LogP contribution in [0.2, 0.25) is 10.0 Å². The molecule has 2 aromatic rings. The number of benzene rings is 2. The Morgan fingerprint density at radius 3 is 2.57 bits per heavy atom. The fourth-order valence-corrected chi connectivity index (χ4v) is 4.46. The van der Waals surface area contributed by atoms with E-state index >= 15 is 0 Å². The van der Waals surface area contributed by atoms with Crippen LogP contribution < -0.4 is 0 Å². The second kappa shape index (κ2) is 8.01. The molecule has 0 fully saturated rings. The lowest BCUT2D eigenvalue weighted by atomic mass is 10.0. The largest absolute Gasteiger partial charge is 0.478 e. The van der Waals surface area contributed by atoms with Gasteiger partial charge in [-0.15, -0.1) is 0 Å². The molecule has 0 bridgehead atoms. The van der Waals surface area contributed by atoms with Crippen LogP contribution in [0.1, 0.15) is 41.1 Å². The molecular weight excluding hydrogens is 393 g/mol. The van der Waals surface area contributed by atoms with Gasteiger partial charge in [0.15, 0.2) is 0 Å². The monoisotopic (exact) mass is 411 g/mol. The molecular formula is C23H19Cl2NO2. The van der Waals surface area contributed by atoms with E-state index in [9.17, 15) is 4.79 Å². The maximum Gasteiger partial charge on any atom is 0.331 e. The molecule has 1 heterocycles. The van der Waals surface area contributed by atoms with Gasteiger partial charge in [0.25, 0.3) is 0 Å². The average molecular weight is 412 g/mol. The first-order valence-electron chi connectivity index (χ1n) is 9.28. The predicted octanol–water partition coefficient (Wildman–Crippen LogP) is 5.10. The van der Waals surface area contributed by atoms with E-state index in [-0.39, 0.29) is 0 Å². The fraction of sp³-hybridized carbons (Fsp3) is 0.261. The first-order chi connectivity index (χ1) is 13.5. The molecule has 0 radical (unpaired) electrons. The highest BCUT2D eigenvalue weighted by molar-refractivity contribution is 6.36. The first kappa shape index (κ1) is 19.1. The van der Waals surface area contributed by atoms with Crippen LogP contribution >= 0.6 is 23.2 Å². The van der Waals surface area contributed by atoms with E-state index in [1.54, 1.807) is 18.2 Å². The molecule has 0 saturated carbocycles. The lowest BCUT2D eigenvalue weighted by Crippen LogP contribution is -2.33. The van der Waals surface area contributed by atoms with E-state index in [4.69, 9.17) is 28.3 Å². The smallest absolute Gasteiger partial charge is 0.331 e. The Balaban J connectivity index is 1.54. The Labute approximate surface area is 174 Å². The number of hydrogen-bond acceptors (Lipinski definition) is 2. The molecule has 3 nitrogen and oxygen atoms in total. The molecule has 4 rings (SSSR count).